The summed E-state index contributed by atoms with van der Waals surface area (Å²) in [5.41, 5.74) is 5.81. The fourth-order valence-corrected chi connectivity index (χ4v) is 2.67. The van der Waals surface area contributed by atoms with Crippen molar-refractivity contribution in [3.63, 3.8) is 0 Å². The van der Waals surface area contributed by atoms with E-state index in [2.05, 4.69) is 17.1 Å². The lowest BCUT2D eigenvalue weighted by atomic mass is 9.92. The van der Waals surface area contributed by atoms with Gasteiger partial charge in [0.05, 0.1) is 13.1 Å². The van der Waals surface area contributed by atoms with Crippen LogP contribution in [0.4, 0.5) is 0 Å². The summed E-state index contributed by atoms with van der Waals surface area (Å²) in [5, 5.41) is 2.78. The maximum Gasteiger partial charge on any atom is 0.239 e. The van der Waals surface area contributed by atoms with Gasteiger partial charge in [-0.25, -0.2) is 0 Å². The molecule has 1 aliphatic rings. The molecular formula is C15H31ClN4O2. The Morgan fingerprint density at radius 2 is 2.09 bits per heavy atom. The van der Waals surface area contributed by atoms with Gasteiger partial charge < -0.3 is 16.0 Å². The van der Waals surface area contributed by atoms with Crippen molar-refractivity contribution in [3.8, 4) is 0 Å². The molecule has 0 saturated carbocycles. The van der Waals surface area contributed by atoms with Crippen LogP contribution < -0.4 is 11.1 Å². The SMILES string of the molecule is CCCNC(=O)CN(C)C(=O)CN1CCC(C)CC1CN.Cl. The second-order valence-corrected chi connectivity index (χ2v) is 6.09. The second kappa shape index (κ2) is 10.8. The number of nitrogens with two attached hydrogens (primary N) is 1. The summed E-state index contributed by atoms with van der Waals surface area (Å²) in [6, 6.07) is 0.278. The molecular weight excluding hydrogens is 304 g/mol. The monoisotopic (exact) mass is 334 g/mol. The van der Waals surface area contributed by atoms with Crippen molar-refractivity contribution in [2.45, 2.75) is 39.2 Å². The summed E-state index contributed by atoms with van der Waals surface area (Å²) in [6.07, 6.45) is 3.04. The maximum atomic E-state index is 12.2. The van der Waals surface area contributed by atoms with Crippen LogP contribution in [0.25, 0.3) is 0 Å². The molecule has 6 nitrogen and oxygen atoms in total. The van der Waals surface area contributed by atoms with E-state index in [4.69, 9.17) is 5.73 Å². The molecule has 1 aliphatic heterocycles. The van der Waals surface area contributed by atoms with Crippen LogP contribution in [-0.4, -0.2) is 67.4 Å². The molecule has 1 heterocycles. The van der Waals surface area contributed by atoms with Gasteiger partial charge in [0.2, 0.25) is 11.8 Å². The summed E-state index contributed by atoms with van der Waals surface area (Å²) in [5.74, 6) is 0.549. The molecule has 0 radical (unpaired) electrons. The first-order chi connectivity index (χ1) is 9.97. The Balaban J connectivity index is 0.00000441. The van der Waals surface area contributed by atoms with Crippen LogP contribution in [0.3, 0.4) is 0 Å². The van der Waals surface area contributed by atoms with Crippen molar-refractivity contribution in [1.29, 1.82) is 0 Å². The number of amides is 2. The lowest BCUT2D eigenvalue weighted by molar-refractivity contribution is -0.136. The van der Waals surface area contributed by atoms with E-state index >= 15 is 0 Å². The smallest absolute Gasteiger partial charge is 0.239 e. The number of likely N-dealkylation sites (N-methyl/N-ethyl adjacent to an activating group) is 1. The van der Waals surface area contributed by atoms with Gasteiger partial charge in [-0.3, -0.25) is 14.5 Å². The summed E-state index contributed by atoms with van der Waals surface area (Å²) in [4.78, 5) is 27.5. The van der Waals surface area contributed by atoms with Crippen molar-refractivity contribution in [3.05, 3.63) is 0 Å². The fraction of sp³-hybridized carbons (Fsp3) is 0.867. The van der Waals surface area contributed by atoms with Crippen molar-refractivity contribution in [2.24, 2.45) is 11.7 Å². The Kier molecular flexibility index (Phi) is 10.4. The van der Waals surface area contributed by atoms with Gasteiger partial charge in [0, 0.05) is 26.2 Å². The summed E-state index contributed by atoms with van der Waals surface area (Å²) in [7, 11) is 1.68. The van der Waals surface area contributed by atoms with Gasteiger partial charge in [-0.05, 0) is 31.7 Å². The van der Waals surface area contributed by atoms with E-state index in [1.807, 2.05) is 6.92 Å². The first-order valence-corrected chi connectivity index (χ1v) is 7.92. The number of hydrogen-bond donors (Lipinski definition) is 2. The van der Waals surface area contributed by atoms with E-state index in [-0.39, 0.29) is 36.8 Å². The quantitative estimate of drug-likeness (QED) is 0.708. The summed E-state index contributed by atoms with van der Waals surface area (Å²) < 4.78 is 0. The van der Waals surface area contributed by atoms with Crippen molar-refractivity contribution in [2.75, 3.05) is 39.8 Å². The minimum absolute atomic E-state index is 0. The number of piperidine rings is 1. The molecule has 0 aromatic heterocycles. The Bertz CT molecular complexity index is 354. The average molecular weight is 335 g/mol. The Hall–Kier alpha value is -0.850. The molecule has 0 bridgehead atoms. The number of likely N-dealkylation sites (tertiary alicyclic amines) is 1. The Labute approximate surface area is 140 Å². The molecule has 7 heteroatoms. The minimum Gasteiger partial charge on any atom is -0.355 e. The molecule has 3 N–H and O–H groups in total. The minimum atomic E-state index is -0.102. The number of halogens is 1. The van der Waals surface area contributed by atoms with E-state index in [1.165, 1.54) is 4.90 Å². The van der Waals surface area contributed by atoms with Crippen molar-refractivity contribution in [1.82, 2.24) is 15.1 Å². The molecule has 1 rings (SSSR count). The highest BCUT2D eigenvalue weighted by atomic mass is 35.5. The van der Waals surface area contributed by atoms with Gasteiger partial charge in [0.1, 0.15) is 0 Å². The summed E-state index contributed by atoms with van der Waals surface area (Å²) in [6.45, 7) is 6.84. The maximum absolute atomic E-state index is 12.2. The Morgan fingerprint density at radius 1 is 1.41 bits per heavy atom. The molecule has 2 amide bonds. The number of hydrogen-bond acceptors (Lipinski definition) is 4. The first kappa shape index (κ1) is 21.1. The standard InChI is InChI=1S/C15H30N4O2.ClH/c1-4-6-17-14(20)10-18(3)15(21)11-19-7-5-12(2)8-13(19)9-16;/h12-13H,4-11,16H2,1-3H3,(H,17,20);1H. The average Bonchev–Trinajstić information content (AvgIpc) is 2.46. The first-order valence-electron chi connectivity index (χ1n) is 7.92. The van der Waals surface area contributed by atoms with Crippen LogP contribution in [0.2, 0.25) is 0 Å². The third-order valence-corrected chi connectivity index (χ3v) is 4.09. The Morgan fingerprint density at radius 3 is 2.68 bits per heavy atom. The van der Waals surface area contributed by atoms with E-state index in [1.54, 1.807) is 7.05 Å². The van der Waals surface area contributed by atoms with Crippen LogP contribution in [0.1, 0.15) is 33.1 Å². The normalized spacial score (nSPS) is 21.8. The van der Waals surface area contributed by atoms with E-state index in [0.29, 0.717) is 25.6 Å². The van der Waals surface area contributed by atoms with Crippen molar-refractivity contribution < 1.29 is 9.59 Å². The second-order valence-electron chi connectivity index (χ2n) is 6.09. The van der Waals surface area contributed by atoms with Gasteiger partial charge in [0.15, 0.2) is 0 Å². The van der Waals surface area contributed by atoms with Crippen LogP contribution in [0.5, 0.6) is 0 Å². The number of nitrogens with zero attached hydrogens (tertiary/aromatic N) is 2. The number of carbonyl (C=O) groups is 2. The lowest BCUT2D eigenvalue weighted by Gasteiger charge is -2.38. The van der Waals surface area contributed by atoms with Crippen LogP contribution in [-0.2, 0) is 9.59 Å². The van der Waals surface area contributed by atoms with Crippen LogP contribution >= 0.6 is 12.4 Å². The predicted molar refractivity (Wildman–Crippen MR) is 91.0 cm³/mol. The highest BCUT2D eigenvalue weighted by Crippen LogP contribution is 2.21. The molecule has 2 atom stereocenters. The summed E-state index contributed by atoms with van der Waals surface area (Å²) >= 11 is 0. The highest BCUT2D eigenvalue weighted by molar-refractivity contribution is 5.85. The zero-order chi connectivity index (χ0) is 15.8. The molecule has 22 heavy (non-hydrogen) atoms. The third-order valence-electron chi connectivity index (χ3n) is 4.09. The molecule has 1 fully saturated rings. The van der Waals surface area contributed by atoms with Gasteiger partial charge in [-0.2, -0.15) is 0 Å². The molecule has 0 spiro atoms. The fourth-order valence-electron chi connectivity index (χ4n) is 2.67. The van der Waals surface area contributed by atoms with Crippen LogP contribution in [0.15, 0.2) is 0 Å². The molecule has 0 aromatic rings. The molecule has 1 saturated heterocycles. The number of rotatable bonds is 7. The lowest BCUT2D eigenvalue weighted by Crippen LogP contribution is -2.51. The zero-order valence-corrected chi connectivity index (χ0v) is 14.8. The van der Waals surface area contributed by atoms with Gasteiger partial charge in [-0.1, -0.05) is 13.8 Å². The van der Waals surface area contributed by atoms with Gasteiger partial charge >= 0.3 is 0 Å². The molecule has 2 unspecified atom stereocenters. The zero-order valence-electron chi connectivity index (χ0n) is 14.0. The molecule has 0 aliphatic carbocycles. The van der Waals surface area contributed by atoms with E-state index in [9.17, 15) is 9.59 Å². The van der Waals surface area contributed by atoms with Gasteiger partial charge in [0.25, 0.3) is 0 Å². The molecule has 0 aromatic carbocycles. The van der Waals surface area contributed by atoms with Crippen molar-refractivity contribution >= 4 is 24.2 Å². The third kappa shape index (κ3) is 6.94. The largest absolute Gasteiger partial charge is 0.355 e. The topological polar surface area (TPSA) is 78.7 Å². The van der Waals surface area contributed by atoms with Crippen LogP contribution in [0, 0.1) is 5.92 Å². The highest BCUT2D eigenvalue weighted by Gasteiger charge is 2.27. The van der Waals surface area contributed by atoms with E-state index in [0.717, 1.165) is 25.8 Å². The predicted octanol–water partition coefficient (Wildman–Crippen LogP) is 0.452. The van der Waals surface area contributed by atoms with Gasteiger partial charge in [-0.15, -0.1) is 12.4 Å². The number of nitrogens with one attached hydrogen (secondary N) is 1. The van der Waals surface area contributed by atoms with E-state index < -0.39 is 0 Å². The number of carbonyl (C=O) groups excluding carboxylic acids is 2. The molecule has 130 valence electrons.